The largest absolute Gasteiger partial charge is 0.354 e. The van der Waals surface area contributed by atoms with Gasteiger partial charge in [-0.25, -0.2) is 0 Å². The lowest BCUT2D eigenvalue weighted by atomic mass is 9.81. The molecule has 19 heavy (non-hydrogen) atoms. The first kappa shape index (κ1) is 14.4. The van der Waals surface area contributed by atoms with E-state index < -0.39 is 0 Å². The molecule has 2 atom stereocenters. The SMILES string of the molecule is CCNC(C(OC)OC)C1CCCc2cccnc21. The Morgan fingerprint density at radius 2 is 2.21 bits per heavy atom. The third-order valence-electron chi connectivity index (χ3n) is 3.87. The van der Waals surface area contributed by atoms with E-state index in [2.05, 4.69) is 23.3 Å². The van der Waals surface area contributed by atoms with Crippen LogP contribution in [0.1, 0.15) is 36.9 Å². The Bertz CT molecular complexity index is 393. The highest BCUT2D eigenvalue weighted by Gasteiger charge is 2.34. The number of aryl methyl sites for hydroxylation is 1. The lowest BCUT2D eigenvalue weighted by Gasteiger charge is -2.35. The average molecular weight is 264 g/mol. The zero-order valence-electron chi connectivity index (χ0n) is 12.1. The summed E-state index contributed by atoms with van der Waals surface area (Å²) < 4.78 is 10.9. The molecule has 106 valence electrons. The Morgan fingerprint density at radius 3 is 2.89 bits per heavy atom. The zero-order valence-corrected chi connectivity index (χ0v) is 12.1. The van der Waals surface area contributed by atoms with Gasteiger partial charge in [-0.2, -0.15) is 0 Å². The maximum atomic E-state index is 5.47. The molecule has 2 unspecified atom stereocenters. The Labute approximate surface area is 115 Å². The number of pyridine rings is 1. The fraction of sp³-hybridized carbons (Fsp3) is 0.667. The zero-order chi connectivity index (χ0) is 13.7. The number of methoxy groups -OCH3 is 2. The van der Waals surface area contributed by atoms with E-state index in [9.17, 15) is 0 Å². The van der Waals surface area contributed by atoms with Crippen molar-refractivity contribution in [2.24, 2.45) is 0 Å². The van der Waals surface area contributed by atoms with Gasteiger partial charge in [-0.1, -0.05) is 13.0 Å². The topological polar surface area (TPSA) is 43.4 Å². The molecule has 0 bridgehead atoms. The minimum atomic E-state index is -0.238. The molecule has 1 aliphatic carbocycles. The van der Waals surface area contributed by atoms with Crippen LogP contribution in [0.5, 0.6) is 0 Å². The molecule has 1 N–H and O–H groups in total. The molecule has 0 aromatic carbocycles. The number of hydrogen-bond acceptors (Lipinski definition) is 4. The number of hydrogen-bond donors (Lipinski definition) is 1. The maximum absolute atomic E-state index is 5.47. The molecule has 1 aromatic heterocycles. The highest BCUT2D eigenvalue weighted by Crippen LogP contribution is 2.34. The van der Waals surface area contributed by atoms with Gasteiger partial charge in [0.05, 0.1) is 6.04 Å². The van der Waals surface area contributed by atoms with Crippen molar-refractivity contribution in [3.63, 3.8) is 0 Å². The molecule has 4 nitrogen and oxygen atoms in total. The van der Waals surface area contributed by atoms with Crippen LogP contribution < -0.4 is 5.32 Å². The number of rotatable bonds is 6. The van der Waals surface area contributed by atoms with Crippen molar-refractivity contribution >= 4 is 0 Å². The quantitative estimate of drug-likeness (QED) is 0.799. The summed E-state index contributed by atoms with van der Waals surface area (Å²) in [6, 6.07) is 4.36. The second-order valence-electron chi connectivity index (χ2n) is 4.97. The Hall–Kier alpha value is -0.970. The van der Waals surface area contributed by atoms with E-state index in [1.165, 1.54) is 17.7 Å². The predicted molar refractivity (Wildman–Crippen MR) is 75.2 cm³/mol. The molecule has 0 fully saturated rings. The summed E-state index contributed by atoms with van der Waals surface area (Å²) in [7, 11) is 3.39. The molecule has 0 amide bonds. The van der Waals surface area contributed by atoms with Crippen molar-refractivity contribution in [3.05, 3.63) is 29.6 Å². The van der Waals surface area contributed by atoms with Crippen LogP contribution >= 0.6 is 0 Å². The minimum Gasteiger partial charge on any atom is -0.354 e. The first-order valence-corrected chi connectivity index (χ1v) is 7.04. The van der Waals surface area contributed by atoms with Crippen molar-refractivity contribution in [1.29, 1.82) is 0 Å². The van der Waals surface area contributed by atoms with Crippen LogP contribution in [0.2, 0.25) is 0 Å². The molecular weight excluding hydrogens is 240 g/mol. The second kappa shape index (κ2) is 6.98. The molecule has 0 radical (unpaired) electrons. The van der Waals surface area contributed by atoms with Gasteiger partial charge in [-0.3, -0.25) is 4.98 Å². The third kappa shape index (κ3) is 3.14. The van der Waals surface area contributed by atoms with Gasteiger partial charge in [0.25, 0.3) is 0 Å². The molecule has 1 aromatic rings. The molecule has 0 aliphatic heterocycles. The number of aromatic nitrogens is 1. The van der Waals surface area contributed by atoms with Crippen LogP contribution in [0.3, 0.4) is 0 Å². The summed E-state index contributed by atoms with van der Waals surface area (Å²) in [5.74, 6) is 0.356. The molecule has 2 rings (SSSR count). The van der Waals surface area contributed by atoms with Crippen LogP contribution in [-0.2, 0) is 15.9 Å². The molecule has 0 spiro atoms. The average Bonchev–Trinajstić information content (AvgIpc) is 2.47. The van der Waals surface area contributed by atoms with E-state index in [0.717, 1.165) is 19.4 Å². The summed E-state index contributed by atoms with van der Waals surface area (Å²) >= 11 is 0. The van der Waals surface area contributed by atoms with Crippen LogP contribution in [0, 0.1) is 0 Å². The van der Waals surface area contributed by atoms with E-state index in [0.29, 0.717) is 5.92 Å². The molecule has 4 heteroatoms. The van der Waals surface area contributed by atoms with E-state index in [-0.39, 0.29) is 12.3 Å². The summed E-state index contributed by atoms with van der Waals surface area (Å²) in [6.45, 7) is 3.00. The fourth-order valence-corrected chi connectivity index (χ4v) is 3.05. The van der Waals surface area contributed by atoms with Crippen molar-refractivity contribution in [2.45, 2.75) is 44.4 Å². The molecule has 0 saturated carbocycles. The van der Waals surface area contributed by atoms with E-state index in [1.807, 2.05) is 12.3 Å². The summed E-state index contributed by atoms with van der Waals surface area (Å²) in [5, 5.41) is 3.51. The van der Waals surface area contributed by atoms with Gasteiger partial charge in [-0.05, 0) is 37.4 Å². The summed E-state index contributed by atoms with van der Waals surface area (Å²) in [4.78, 5) is 4.60. The van der Waals surface area contributed by atoms with Crippen LogP contribution in [0.15, 0.2) is 18.3 Å². The minimum absolute atomic E-state index is 0.147. The predicted octanol–water partition coefficient (Wildman–Crippen LogP) is 2.10. The Morgan fingerprint density at radius 1 is 1.42 bits per heavy atom. The van der Waals surface area contributed by atoms with Gasteiger partial charge in [0.15, 0.2) is 6.29 Å². The Balaban J connectivity index is 2.27. The normalized spacial score (nSPS) is 20.3. The smallest absolute Gasteiger partial charge is 0.172 e. The second-order valence-corrected chi connectivity index (χ2v) is 4.97. The first-order valence-electron chi connectivity index (χ1n) is 7.04. The summed E-state index contributed by atoms with van der Waals surface area (Å²) in [6.07, 6.45) is 5.10. The van der Waals surface area contributed by atoms with Gasteiger partial charge < -0.3 is 14.8 Å². The van der Waals surface area contributed by atoms with E-state index in [1.54, 1.807) is 14.2 Å². The van der Waals surface area contributed by atoms with Gasteiger partial charge >= 0.3 is 0 Å². The van der Waals surface area contributed by atoms with E-state index in [4.69, 9.17) is 9.47 Å². The van der Waals surface area contributed by atoms with Crippen LogP contribution in [0.25, 0.3) is 0 Å². The highest BCUT2D eigenvalue weighted by molar-refractivity contribution is 5.27. The lowest BCUT2D eigenvalue weighted by molar-refractivity contribution is -0.128. The molecular formula is C15H24N2O2. The molecule has 1 heterocycles. The number of likely N-dealkylation sites (N-methyl/N-ethyl adjacent to an activating group) is 1. The van der Waals surface area contributed by atoms with Crippen molar-refractivity contribution < 1.29 is 9.47 Å². The molecule has 1 aliphatic rings. The van der Waals surface area contributed by atoms with Crippen molar-refractivity contribution in [2.75, 3.05) is 20.8 Å². The van der Waals surface area contributed by atoms with Gasteiger partial charge in [0.2, 0.25) is 0 Å². The number of nitrogens with one attached hydrogen (secondary N) is 1. The van der Waals surface area contributed by atoms with Gasteiger partial charge in [-0.15, -0.1) is 0 Å². The van der Waals surface area contributed by atoms with Gasteiger partial charge in [0.1, 0.15) is 0 Å². The van der Waals surface area contributed by atoms with Crippen LogP contribution in [-0.4, -0.2) is 38.1 Å². The highest BCUT2D eigenvalue weighted by atomic mass is 16.7. The van der Waals surface area contributed by atoms with E-state index >= 15 is 0 Å². The maximum Gasteiger partial charge on any atom is 0.172 e. The van der Waals surface area contributed by atoms with Crippen molar-refractivity contribution in [1.82, 2.24) is 10.3 Å². The van der Waals surface area contributed by atoms with Crippen molar-refractivity contribution in [3.8, 4) is 0 Å². The number of fused-ring (bicyclic) bond motifs is 1. The number of nitrogens with zero attached hydrogens (tertiary/aromatic N) is 1. The number of ether oxygens (including phenoxy) is 2. The monoisotopic (exact) mass is 264 g/mol. The standard InChI is InChI=1S/C15H24N2O2/c1-4-16-14(15(18-2)19-3)12-9-5-7-11-8-6-10-17-13(11)12/h6,8,10,12,14-16H,4-5,7,9H2,1-3H3. The lowest BCUT2D eigenvalue weighted by Crippen LogP contribution is -2.47. The van der Waals surface area contributed by atoms with Gasteiger partial charge in [0, 0.05) is 32.0 Å². The first-order chi connectivity index (χ1) is 9.31. The third-order valence-corrected chi connectivity index (χ3v) is 3.87. The fourth-order valence-electron chi connectivity index (χ4n) is 3.05. The molecule has 0 saturated heterocycles. The van der Waals surface area contributed by atoms with Crippen LogP contribution in [0.4, 0.5) is 0 Å². The summed E-state index contributed by atoms with van der Waals surface area (Å²) in [5.41, 5.74) is 2.58. The Kier molecular flexibility index (Phi) is 5.31.